The fourth-order valence-electron chi connectivity index (χ4n) is 3.45. The van der Waals surface area contributed by atoms with Crippen molar-refractivity contribution < 1.29 is 13.2 Å². The molecule has 1 heterocycles. The molecule has 0 unspecified atom stereocenters. The van der Waals surface area contributed by atoms with Crippen molar-refractivity contribution in [2.75, 3.05) is 27.2 Å². The maximum atomic E-state index is 13.3. The average Bonchev–Trinajstić information content (AvgIpc) is 3.32. The summed E-state index contributed by atoms with van der Waals surface area (Å²) in [6.07, 6.45) is 0. The van der Waals surface area contributed by atoms with Crippen molar-refractivity contribution in [2.45, 2.75) is 23.1 Å². The number of carbonyl (C=O) groups is 1. The largest absolute Gasteiger partial charge is 0.330 e. The number of rotatable bonds is 10. The van der Waals surface area contributed by atoms with Gasteiger partial charge in [0.05, 0.1) is 27.0 Å². The van der Waals surface area contributed by atoms with E-state index in [2.05, 4.69) is 20.8 Å². The van der Waals surface area contributed by atoms with Gasteiger partial charge in [0.25, 0.3) is 10.0 Å². The third-order valence-electron chi connectivity index (χ3n) is 5.13. The molecule has 192 valence electrons. The average molecular weight is 574 g/mol. The highest BCUT2D eigenvalue weighted by Crippen LogP contribution is 2.31. The molecule has 0 atom stereocenters. The first-order chi connectivity index (χ1) is 17.8. The molecule has 3 aromatic carbocycles. The quantitative estimate of drug-likeness (QED) is 0.218. The summed E-state index contributed by atoms with van der Waals surface area (Å²) in [6.45, 7) is 4.01. The third kappa shape index (κ3) is 6.80. The van der Waals surface area contributed by atoms with Crippen molar-refractivity contribution in [2.24, 2.45) is 0 Å². The molecule has 0 saturated heterocycles. The van der Waals surface area contributed by atoms with Crippen molar-refractivity contribution in [1.82, 2.24) is 10.2 Å². The number of aromatic nitrogens is 2. The Labute approximate surface area is 229 Å². The number of hydrogen-bond donors (Lipinski definition) is 2. The zero-order valence-corrected chi connectivity index (χ0v) is 23.2. The smallest absolute Gasteiger partial charge is 0.264 e. The van der Waals surface area contributed by atoms with E-state index in [-0.39, 0.29) is 33.8 Å². The summed E-state index contributed by atoms with van der Waals surface area (Å²) >= 11 is 8.83. The topological polar surface area (TPSA) is 104 Å². The highest BCUT2D eigenvalue weighted by Gasteiger charge is 2.24. The molecule has 1 amide bonds. The van der Waals surface area contributed by atoms with E-state index in [1.807, 2.05) is 37.3 Å². The molecule has 2 N–H and O–H groups in total. The predicted molar refractivity (Wildman–Crippen MR) is 152 cm³/mol. The lowest BCUT2D eigenvalue weighted by Gasteiger charge is -2.23. The van der Waals surface area contributed by atoms with Gasteiger partial charge in [0.1, 0.15) is 0 Å². The summed E-state index contributed by atoms with van der Waals surface area (Å²) in [5.41, 5.74) is 2.80. The first-order valence-corrected chi connectivity index (χ1v) is 14.9. The van der Waals surface area contributed by atoms with Gasteiger partial charge in [-0.25, -0.2) is 8.42 Å². The minimum atomic E-state index is -3.87. The Balaban J connectivity index is 1.41. The van der Waals surface area contributed by atoms with Crippen LogP contribution in [0.2, 0.25) is 5.02 Å². The van der Waals surface area contributed by atoms with E-state index in [0.717, 1.165) is 11.3 Å². The van der Waals surface area contributed by atoms with Crippen LogP contribution in [0.5, 0.6) is 0 Å². The van der Waals surface area contributed by atoms with Crippen LogP contribution in [0.3, 0.4) is 0 Å². The normalized spacial score (nSPS) is 11.2. The van der Waals surface area contributed by atoms with Gasteiger partial charge < -0.3 is 10.6 Å². The fourth-order valence-corrected chi connectivity index (χ4v) is 6.69. The Morgan fingerprint density at radius 1 is 1.05 bits per heavy atom. The summed E-state index contributed by atoms with van der Waals surface area (Å²) in [7, 11) is -3.87. The van der Waals surface area contributed by atoms with Crippen LogP contribution in [-0.2, 0) is 14.8 Å². The maximum absolute atomic E-state index is 13.3. The molecule has 1 aromatic heterocycles. The Kier molecular flexibility index (Phi) is 8.70. The second-order valence-corrected chi connectivity index (χ2v) is 12.3. The molecule has 37 heavy (non-hydrogen) atoms. The Bertz CT molecular complexity index is 1500. The number of amides is 1. The van der Waals surface area contributed by atoms with E-state index in [1.54, 1.807) is 31.2 Å². The zero-order valence-electron chi connectivity index (χ0n) is 20.0. The predicted octanol–water partition coefficient (Wildman–Crippen LogP) is 6.19. The standard InChI is InChI=1S/C25H24ClN5O3S3/c1-3-31(19-10-5-4-6-11-19)37(33,34)20-12-13-21(26)22(15-20)28-23(32)16-35-25-30-29-24(36-25)27-18-9-7-8-17(2)14-18/h4-15H,3,16H2,1-2H3,(H,27,29)(H,28,32). The van der Waals surface area contributed by atoms with Gasteiger partial charge in [0, 0.05) is 12.2 Å². The summed E-state index contributed by atoms with van der Waals surface area (Å²) in [4.78, 5) is 12.7. The number of nitrogens with one attached hydrogen (secondary N) is 2. The van der Waals surface area contributed by atoms with Crippen LogP contribution >= 0.6 is 34.7 Å². The molecule has 0 fully saturated rings. The van der Waals surface area contributed by atoms with Gasteiger partial charge in [-0.1, -0.05) is 65.0 Å². The SMILES string of the molecule is CCN(c1ccccc1)S(=O)(=O)c1ccc(Cl)c(NC(=O)CSc2nnc(Nc3cccc(C)c3)s2)c1. The first kappa shape index (κ1) is 26.9. The number of halogens is 1. The van der Waals surface area contributed by atoms with Crippen molar-refractivity contribution in [3.63, 3.8) is 0 Å². The summed E-state index contributed by atoms with van der Waals surface area (Å²) in [6, 6.07) is 21.0. The van der Waals surface area contributed by atoms with Crippen molar-refractivity contribution in [1.29, 1.82) is 0 Å². The number of benzene rings is 3. The highest BCUT2D eigenvalue weighted by atomic mass is 35.5. The second-order valence-electron chi connectivity index (χ2n) is 7.85. The third-order valence-corrected chi connectivity index (χ3v) is 9.33. The zero-order chi connectivity index (χ0) is 26.4. The summed E-state index contributed by atoms with van der Waals surface area (Å²) in [5.74, 6) is -0.294. The van der Waals surface area contributed by atoms with Gasteiger partial charge in [-0.3, -0.25) is 9.10 Å². The molecule has 0 bridgehead atoms. The molecular weight excluding hydrogens is 550 g/mol. The van der Waals surface area contributed by atoms with Crippen LogP contribution in [0, 0.1) is 6.92 Å². The van der Waals surface area contributed by atoms with Crippen molar-refractivity contribution >= 4 is 72.8 Å². The van der Waals surface area contributed by atoms with E-state index in [0.29, 0.717) is 15.2 Å². The van der Waals surface area contributed by atoms with Gasteiger partial charge in [-0.15, -0.1) is 10.2 Å². The number of hydrogen-bond acceptors (Lipinski definition) is 8. The van der Waals surface area contributed by atoms with Gasteiger partial charge in [0.2, 0.25) is 11.0 Å². The fraction of sp³-hybridized carbons (Fsp3) is 0.160. The molecule has 0 radical (unpaired) electrons. The maximum Gasteiger partial charge on any atom is 0.264 e. The highest BCUT2D eigenvalue weighted by molar-refractivity contribution is 8.01. The molecule has 4 rings (SSSR count). The monoisotopic (exact) mass is 573 g/mol. The molecule has 4 aromatic rings. The van der Waals surface area contributed by atoms with Crippen LogP contribution in [-0.4, -0.2) is 36.8 Å². The number of para-hydroxylation sites is 1. The Morgan fingerprint density at radius 2 is 1.84 bits per heavy atom. The number of aryl methyl sites for hydroxylation is 1. The van der Waals surface area contributed by atoms with Gasteiger partial charge in [-0.05, 0) is 61.9 Å². The number of sulfonamides is 1. The lowest BCUT2D eigenvalue weighted by molar-refractivity contribution is -0.113. The summed E-state index contributed by atoms with van der Waals surface area (Å²) in [5, 5.41) is 15.0. The number of carbonyl (C=O) groups excluding carboxylic acids is 1. The lowest BCUT2D eigenvalue weighted by Crippen LogP contribution is -2.30. The summed E-state index contributed by atoms with van der Waals surface area (Å²) < 4.78 is 28.6. The van der Waals surface area contributed by atoms with Gasteiger partial charge >= 0.3 is 0 Å². The Morgan fingerprint density at radius 3 is 2.57 bits per heavy atom. The number of anilines is 4. The first-order valence-electron chi connectivity index (χ1n) is 11.2. The molecule has 0 aliphatic heterocycles. The minimum Gasteiger partial charge on any atom is -0.330 e. The van der Waals surface area contributed by atoms with Gasteiger partial charge in [0.15, 0.2) is 4.34 Å². The minimum absolute atomic E-state index is 0.0292. The van der Waals surface area contributed by atoms with E-state index in [4.69, 9.17) is 11.6 Å². The van der Waals surface area contributed by atoms with Crippen LogP contribution in [0.25, 0.3) is 0 Å². The van der Waals surface area contributed by atoms with Crippen LogP contribution in [0.4, 0.5) is 22.2 Å². The molecular formula is C25H24ClN5O3S3. The molecule has 0 saturated carbocycles. The molecule has 0 aliphatic rings. The number of thioether (sulfide) groups is 1. The van der Waals surface area contributed by atoms with E-state index in [9.17, 15) is 13.2 Å². The Hall–Kier alpha value is -3.12. The van der Waals surface area contributed by atoms with Crippen molar-refractivity contribution in [3.05, 3.63) is 83.4 Å². The van der Waals surface area contributed by atoms with E-state index < -0.39 is 10.0 Å². The lowest BCUT2D eigenvalue weighted by atomic mass is 10.2. The van der Waals surface area contributed by atoms with Crippen LogP contribution in [0.15, 0.2) is 82.0 Å². The number of nitrogens with zero attached hydrogens (tertiary/aromatic N) is 3. The molecule has 12 heteroatoms. The van der Waals surface area contributed by atoms with Gasteiger partial charge in [-0.2, -0.15) is 0 Å². The molecule has 8 nitrogen and oxygen atoms in total. The van der Waals surface area contributed by atoms with Crippen LogP contribution < -0.4 is 14.9 Å². The van der Waals surface area contributed by atoms with Crippen LogP contribution in [0.1, 0.15) is 12.5 Å². The van der Waals surface area contributed by atoms with E-state index >= 15 is 0 Å². The van der Waals surface area contributed by atoms with E-state index in [1.165, 1.54) is 45.6 Å². The molecule has 0 aliphatic carbocycles. The van der Waals surface area contributed by atoms with Crippen molar-refractivity contribution in [3.8, 4) is 0 Å². The molecule has 0 spiro atoms. The second kappa shape index (κ2) is 12.0.